The van der Waals surface area contributed by atoms with Crippen molar-refractivity contribution in [3.63, 3.8) is 0 Å². The van der Waals surface area contributed by atoms with E-state index in [2.05, 4.69) is 60.6 Å². The Kier molecular flexibility index (Phi) is 6.06. The molecule has 1 aliphatic rings. The Hall–Kier alpha value is -1.16. The molecule has 146 valence electrons. The van der Waals surface area contributed by atoms with Crippen molar-refractivity contribution in [1.29, 1.82) is 0 Å². The molecule has 2 atom stereocenters. The summed E-state index contributed by atoms with van der Waals surface area (Å²) in [6.45, 7) is 15.8. The van der Waals surface area contributed by atoms with Crippen molar-refractivity contribution in [3.8, 4) is 5.75 Å². The van der Waals surface area contributed by atoms with Crippen LogP contribution in [-0.2, 0) is 15.6 Å². The van der Waals surface area contributed by atoms with Gasteiger partial charge in [-0.15, -0.1) is 11.8 Å². The third-order valence-corrected chi connectivity index (χ3v) is 6.63. The van der Waals surface area contributed by atoms with Crippen molar-refractivity contribution in [2.45, 2.75) is 76.9 Å². The topological polar surface area (TPSA) is 40.5 Å². The standard InChI is InChI=1S/C22H35NO2S/c1-9-15(19-20(25)23(8)10-11-26-19)14-12-16(21(2,3)4)18(24)17(13-14)22(5,6)7/h12-13,15,19,24H,9-11H2,1-8H3. The van der Waals surface area contributed by atoms with E-state index in [0.29, 0.717) is 5.75 Å². The molecule has 1 aliphatic heterocycles. The first-order chi connectivity index (χ1) is 11.9. The maximum Gasteiger partial charge on any atom is 0.236 e. The fourth-order valence-corrected chi connectivity index (χ4v) is 5.18. The van der Waals surface area contributed by atoms with Crippen LogP contribution in [0.25, 0.3) is 0 Å². The summed E-state index contributed by atoms with van der Waals surface area (Å²) >= 11 is 1.78. The van der Waals surface area contributed by atoms with Crippen LogP contribution in [0.3, 0.4) is 0 Å². The van der Waals surface area contributed by atoms with Gasteiger partial charge in [-0.25, -0.2) is 0 Å². The van der Waals surface area contributed by atoms with Crippen LogP contribution in [-0.4, -0.2) is 40.5 Å². The zero-order valence-corrected chi connectivity index (χ0v) is 18.5. The minimum absolute atomic E-state index is 0.0380. The number of hydrogen-bond donors (Lipinski definition) is 1. The first-order valence-electron chi connectivity index (χ1n) is 9.62. The number of hydrogen-bond acceptors (Lipinski definition) is 3. The average Bonchev–Trinajstić information content (AvgIpc) is 2.51. The molecular weight excluding hydrogens is 342 g/mol. The lowest BCUT2D eigenvalue weighted by molar-refractivity contribution is -0.129. The molecule has 26 heavy (non-hydrogen) atoms. The molecule has 1 heterocycles. The number of carbonyl (C=O) groups excluding carboxylic acids is 1. The Balaban J connectivity index is 2.61. The highest BCUT2D eigenvalue weighted by Gasteiger charge is 2.36. The largest absolute Gasteiger partial charge is 0.507 e. The number of carbonyl (C=O) groups is 1. The predicted molar refractivity (Wildman–Crippen MR) is 112 cm³/mol. The van der Waals surface area contributed by atoms with Crippen LogP contribution in [0.5, 0.6) is 5.75 Å². The van der Waals surface area contributed by atoms with Gasteiger partial charge in [0.25, 0.3) is 0 Å². The van der Waals surface area contributed by atoms with Gasteiger partial charge in [0.1, 0.15) is 5.75 Å². The quantitative estimate of drug-likeness (QED) is 0.801. The van der Waals surface area contributed by atoms with Gasteiger partial charge in [-0.2, -0.15) is 0 Å². The van der Waals surface area contributed by atoms with Crippen LogP contribution in [0.4, 0.5) is 0 Å². The van der Waals surface area contributed by atoms with Crippen LogP contribution in [0, 0.1) is 0 Å². The molecule has 4 heteroatoms. The fraction of sp³-hybridized carbons (Fsp3) is 0.682. The maximum atomic E-state index is 12.8. The van der Waals surface area contributed by atoms with Crippen LogP contribution >= 0.6 is 11.8 Å². The Morgan fingerprint density at radius 2 is 1.65 bits per heavy atom. The van der Waals surface area contributed by atoms with Crippen LogP contribution in [0.1, 0.15) is 77.5 Å². The molecule has 1 fully saturated rings. The monoisotopic (exact) mass is 377 g/mol. The molecule has 0 saturated carbocycles. The third-order valence-electron chi connectivity index (χ3n) is 5.33. The van der Waals surface area contributed by atoms with Crippen molar-refractivity contribution >= 4 is 17.7 Å². The third kappa shape index (κ3) is 4.21. The number of nitrogens with zero attached hydrogens (tertiary/aromatic N) is 1. The van der Waals surface area contributed by atoms with Crippen LogP contribution in [0.15, 0.2) is 12.1 Å². The van der Waals surface area contributed by atoms with Gasteiger partial charge in [-0.1, -0.05) is 60.6 Å². The minimum atomic E-state index is -0.154. The van der Waals surface area contributed by atoms with E-state index in [1.165, 1.54) is 5.56 Å². The Morgan fingerprint density at radius 1 is 1.15 bits per heavy atom. The lowest BCUT2D eigenvalue weighted by Crippen LogP contribution is -2.43. The molecule has 1 aromatic rings. The molecule has 0 bridgehead atoms. The second-order valence-corrected chi connectivity index (χ2v) is 10.8. The SMILES string of the molecule is CCC(c1cc(C(C)(C)C)c(O)c(C(C)(C)C)c1)C1SCCN(C)C1=O. The molecule has 3 nitrogen and oxygen atoms in total. The Bertz CT molecular complexity index is 635. The first kappa shape index (κ1) is 21.1. The van der Waals surface area contributed by atoms with E-state index in [1.54, 1.807) is 11.8 Å². The van der Waals surface area contributed by atoms with Crippen molar-refractivity contribution in [2.24, 2.45) is 0 Å². The molecule has 2 unspecified atom stereocenters. The van der Waals surface area contributed by atoms with E-state index in [9.17, 15) is 9.90 Å². The summed E-state index contributed by atoms with van der Waals surface area (Å²) < 4.78 is 0. The second kappa shape index (κ2) is 7.46. The summed E-state index contributed by atoms with van der Waals surface area (Å²) in [4.78, 5) is 14.6. The number of amides is 1. The van der Waals surface area contributed by atoms with Gasteiger partial charge in [-0.3, -0.25) is 4.79 Å². The zero-order chi connectivity index (χ0) is 19.9. The summed E-state index contributed by atoms with van der Waals surface area (Å²) in [5, 5.41) is 10.9. The average molecular weight is 378 g/mol. The number of benzene rings is 1. The lowest BCUT2D eigenvalue weighted by Gasteiger charge is -2.35. The highest BCUT2D eigenvalue weighted by molar-refractivity contribution is 8.00. The lowest BCUT2D eigenvalue weighted by atomic mass is 9.76. The summed E-state index contributed by atoms with van der Waals surface area (Å²) in [5.74, 6) is 1.79. The van der Waals surface area contributed by atoms with Crippen LogP contribution in [0.2, 0.25) is 0 Å². The van der Waals surface area contributed by atoms with Gasteiger partial charge >= 0.3 is 0 Å². The summed E-state index contributed by atoms with van der Waals surface area (Å²) in [6, 6.07) is 4.28. The van der Waals surface area contributed by atoms with Crippen molar-refractivity contribution in [2.75, 3.05) is 19.3 Å². The van der Waals surface area contributed by atoms with Gasteiger partial charge in [0.05, 0.1) is 5.25 Å². The highest BCUT2D eigenvalue weighted by Crippen LogP contribution is 2.43. The van der Waals surface area contributed by atoms with Gasteiger partial charge < -0.3 is 10.0 Å². The highest BCUT2D eigenvalue weighted by atomic mass is 32.2. The number of thioether (sulfide) groups is 1. The number of rotatable bonds is 3. The minimum Gasteiger partial charge on any atom is -0.507 e. The van der Waals surface area contributed by atoms with Crippen molar-refractivity contribution in [1.82, 2.24) is 4.90 Å². The van der Waals surface area contributed by atoms with E-state index in [-0.39, 0.29) is 27.9 Å². The van der Waals surface area contributed by atoms with E-state index < -0.39 is 0 Å². The Morgan fingerprint density at radius 3 is 2.08 bits per heavy atom. The predicted octanol–water partition coefficient (Wildman–Crippen LogP) is 5.05. The van der Waals surface area contributed by atoms with E-state index >= 15 is 0 Å². The normalized spacial score (nSPS) is 20.4. The van der Waals surface area contributed by atoms with Crippen molar-refractivity contribution < 1.29 is 9.90 Å². The van der Waals surface area contributed by atoms with Gasteiger partial charge in [0.15, 0.2) is 0 Å². The molecule has 0 aromatic heterocycles. The molecule has 1 amide bonds. The second-order valence-electron chi connectivity index (χ2n) is 9.53. The molecule has 1 N–H and O–H groups in total. The molecule has 1 saturated heterocycles. The number of phenols is 1. The van der Waals surface area contributed by atoms with E-state index in [1.807, 2.05) is 11.9 Å². The molecule has 1 aromatic carbocycles. The maximum absolute atomic E-state index is 12.8. The van der Waals surface area contributed by atoms with Crippen molar-refractivity contribution in [3.05, 3.63) is 28.8 Å². The molecule has 0 radical (unpaired) electrons. The van der Waals surface area contributed by atoms with E-state index in [4.69, 9.17) is 0 Å². The van der Waals surface area contributed by atoms with Gasteiger partial charge in [0.2, 0.25) is 5.91 Å². The zero-order valence-electron chi connectivity index (χ0n) is 17.6. The molecule has 0 aliphatic carbocycles. The fourth-order valence-electron chi connectivity index (χ4n) is 3.64. The molecular formula is C22H35NO2S. The summed E-state index contributed by atoms with van der Waals surface area (Å²) in [6.07, 6.45) is 0.912. The van der Waals surface area contributed by atoms with E-state index in [0.717, 1.165) is 29.8 Å². The van der Waals surface area contributed by atoms with Gasteiger partial charge in [0, 0.05) is 25.3 Å². The smallest absolute Gasteiger partial charge is 0.236 e. The van der Waals surface area contributed by atoms with Crippen LogP contribution < -0.4 is 0 Å². The summed E-state index contributed by atoms with van der Waals surface area (Å²) in [5.41, 5.74) is 2.82. The molecule has 0 spiro atoms. The number of aromatic hydroxyl groups is 1. The first-order valence-corrected chi connectivity index (χ1v) is 10.7. The number of phenolic OH excluding ortho intramolecular Hbond substituents is 1. The Labute approximate surface area is 163 Å². The van der Waals surface area contributed by atoms with Gasteiger partial charge in [-0.05, 0) is 33.9 Å². The molecule has 2 rings (SSSR count). The summed E-state index contributed by atoms with van der Waals surface area (Å²) in [7, 11) is 1.90.